The average Bonchev–Trinajstić information content (AvgIpc) is 2.50. The molecule has 0 radical (unpaired) electrons. The van der Waals surface area contributed by atoms with Crippen LogP contribution in [0.4, 0.5) is 4.79 Å². The summed E-state index contributed by atoms with van der Waals surface area (Å²) in [5.41, 5.74) is 0.153. The lowest BCUT2D eigenvalue weighted by Gasteiger charge is -2.31. The van der Waals surface area contributed by atoms with Gasteiger partial charge < -0.3 is 20.1 Å². The molecule has 1 fully saturated rings. The highest BCUT2D eigenvalue weighted by Crippen LogP contribution is 2.22. The predicted molar refractivity (Wildman–Crippen MR) is 82.2 cm³/mol. The molecule has 2 amide bonds. The fourth-order valence-electron chi connectivity index (χ4n) is 2.37. The third-order valence-electron chi connectivity index (χ3n) is 3.56. The number of piperidine rings is 1. The monoisotopic (exact) mass is 326 g/mol. The second kappa shape index (κ2) is 7.35. The van der Waals surface area contributed by atoms with E-state index in [9.17, 15) is 14.7 Å². The van der Waals surface area contributed by atoms with E-state index in [2.05, 4.69) is 5.32 Å². The van der Waals surface area contributed by atoms with Crippen molar-refractivity contribution in [2.24, 2.45) is 0 Å². The molecule has 0 aromatic heterocycles. The summed E-state index contributed by atoms with van der Waals surface area (Å²) in [4.78, 5) is 25.4. The van der Waals surface area contributed by atoms with Crippen molar-refractivity contribution in [2.45, 2.75) is 25.8 Å². The Morgan fingerprint density at radius 2 is 2.09 bits per heavy atom. The van der Waals surface area contributed by atoms with Crippen LogP contribution >= 0.6 is 11.6 Å². The summed E-state index contributed by atoms with van der Waals surface area (Å²) < 4.78 is 4.95. The fourth-order valence-corrected chi connectivity index (χ4v) is 2.55. The Morgan fingerprint density at radius 1 is 1.41 bits per heavy atom. The van der Waals surface area contributed by atoms with Crippen molar-refractivity contribution < 1.29 is 19.4 Å². The van der Waals surface area contributed by atoms with Crippen LogP contribution in [0.3, 0.4) is 0 Å². The molecule has 0 bridgehead atoms. The molecule has 1 saturated heterocycles. The molecule has 1 aliphatic heterocycles. The van der Waals surface area contributed by atoms with E-state index in [4.69, 9.17) is 16.3 Å². The van der Waals surface area contributed by atoms with Crippen molar-refractivity contribution >= 4 is 23.6 Å². The molecule has 0 aliphatic carbocycles. The van der Waals surface area contributed by atoms with Crippen molar-refractivity contribution in [2.75, 3.05) is 19.7 Å². The van der Waals surface area contributed by atoms with Crippen LogP contribution in [0.1, 0.15) is 30.1 Å². The van der Waals surface area contributed by atoms with Crippen LogP contribution < -0.4 is 5.32 Å². The van der Waals surface area contributed by atoms with Gasteiger partial charge in [0.1, 0.15) is 5.75 Å². The first-order valence-corrected chi connectivity index (χ1v) is 7.60. The predicted octanol–water partition coefficient (Wildman–Crippen LogP) is 2.40. The molecule has 120 valence electrons. The van der Waals surface area contributed by atoms with Crippen LogP contribution in [-0.2, 0) is 4.74 Å². The lowest BCUT2D eigenvalue weighted by molar-refractivity contribution is 0.0858. The standard InChI is InChI=1S/C15H19ClN2O4/c1-2-22-15(21)18-7-5-11(6-8-18)17-14(20)12-9-10(16)3-4-13(12)19/h3-4,9,11,19H,2,5-8H2,1H3,(H,17,20). The van der Waals surface area contributed by atoms with Crippen LogP contribution in [0.15, 0.2) is 18.2 Å². The van der Waals surface area contributed by atoms with Crippen molar-refractivity contribution in [3.63, 3.8) is 0 Å². The van der Waals surface area contributed by atoms with E-state index in [1.54, 1.807) is 11.8 Å². The van der Waals surface area contributed by atoms with Crippen LogP contribution in [0.25, 0.3) is 0 Å². The molecule has 2 rings (SSSR count). The molecule has 2 N–H and O–H groups in total. The average molecular weight is 327 g/mol. The second-order valence-corrected chi connectivity index (χ2v) is 5.53. The molecule has 1 aliphatic rings. The summed E-state index contributed by atoms with van der Waals surface area (Å²) in [5.74, 6) is -0.472. The number of halogens is 1. The van der Waals surface area contributed by atoms with E-state index in [1.807, 2.05) is 0 Å². The fraction of sp³-hybridized carbons (Fsp3) is 0.467. The van der Waals surface area contributed by atoms with E-state index >= 15 is 0 Å². The Morgan fingerprint density at radius 3 is 2.73 bits per heavy atom. The van der Waals surface area contributed by atoms with Crippen LogP contribution in [0.2, 0.25) is 5.02 Å². The second-order valence-electron chi connectivity index (χ2n) is 5.10. The minimum atomic E-state index is -0.366. The van der Waals surface area contributed by atoms with Crippen LogP contribution in [0.5, 0.6) is 5.75 Å². The van der Waals surface area contributed by atoms with Crippen molar-refractivity contribution in [3.05, 3.63) is 28.8 Å². The number of phenolic OH excluding ortho intramolecular Hbond substituents is 1. The number of nitrogens with zero attached hydrogens (tertiary/aromatic N) is 1. The topological polar surface area (TPSA) is 78.9 Å². The van der Waals surface area contributed by atoms with Crippen LogP contribution in [0, 0.1) is 0 Å². The Kier molecular flexibility index (Phi) is 5.49. The molecule has 7 heteroatoms. The largest absolute Gasteiger partial charge is 0.507 e. The van der Waals surface area contributed by atoms with Crippen molar-refractivity contribution in [1.29, 1.82) is 0 Å². The smallest absolute Gasteiger partial charge is 0.409 e. The Hall–Kier alpha value is -1.95. The number of nitrogens with one attached hydrogen (secondary N) is 1. The summed E-state index contributed by atoms with van der Waals surface area (Å²) >= 11 is 5.84. The number of amides is 2. The van der Waals surface area contributed by atoms with Gasteiger partial charge in [-0.1, -0.05) is 11.6 Å². The zero-order chi connectivity index (χ0) is 16.1. The van der Waals surface area contributed by atoms with Gasteiger partial charge in [-0.15, -0.1) is 0 Å². The first-order valence-electron chi connectivity index (χ1n) is 7.22. The summed E-state index contributed by atoms with van der Waals surface area (Å²) in [6, 6.07) is 4.29. The Balaban J connectivity index is 1.89. The number of ether oxygens (including phenoxy) is 1. The first kappa shape index (κ1) is 16.4. The zero-order valence-electron chi connectivity index (χ0n) is 12.3. The normalized spacial score (nSPS) is 15.5. The van der Waals surface area contributed by atoms with E-state index < -0.39 is 0 Å². The first-order chi connectivity index (χ1) is 10.5. The summed E-state index contributed by atoms with van der Waals surface area (Å²) in [6.45, 7) is 3.18. The highest BCUT2D eigenvalue weighted by atomic mass is 35.5. The molecular formula is C15H19ClN2O4. The van der Waals surface area contributed by atoms with Gasteiger partial charge in [-0.3, -0.25) is 4.79 Å². The molecule has 0 spiro atoms. The molecule has 22 heavy (non-hydrogen) atoms. The number of rotatable bonds is 3. The van der Waals surface area contributed by atoms with Crippen molar-refractivity contribution in [1.82, 2.24) is 10.2 Å². The van der Waals surface area contributed by atoms with E-state index in [0.717, 1.165) is 0 Å². The summed E-state index contributed by atoms with van der Waals surface area (Å²) in [7, 11) is 0. The SMILES string of the molecule is CCOC(=O)N1CCC(NC(=O)c2cc(Cl)ccc2O)CC1. The number of hydrogen-bond donors (Lipinski definition) is 2. The summed E-state index contributed by atoms with van der Waals surface area (Å²) in [6.07, 6.45) is 0.970. The van der Waals surface area contributed by atoms with Gasteiger partial charge in [0, 0.05) is 24.2 Å². The third kappa shape index (κ3) is 4.04. The van der Waals surface area contributed by atoms with Gasteiger partial charge >= 0.3 is 6.09 Å². The van der Waals surface area contributed by atoms with Gasteiger partial charge in [-0.05, 0) is 38.0 Å². The number of benzene rings is 1. The highest BCUT2D eigenvalue weighted by molar-refractivity contribution is 6.31. The zero-order valence-corrected chi connectivity index (χ0v) is 13.1. The van der Waals surface area contributed by atoms with Crippen molar-refractivity contribution in [3.8, 4) is 5.75 Å². The minimum Gasteiger partial charge on any atom is -0.507 e. The number of likely N-dealkylation sites (tertiary alicyclic amines) is 1. The highest BCUT2D eigenvalue weighted by Gasteiger charge is 2.25. The minimum absolute atomic E-state index is 0.0449. The van der Waals surface area contributed by atoms with Gasteiger partial charge in [0.05, 0.1) is 12.2 Å². The molecule has 1 aromatic carbocycles. The molecular weight excluding hydrogens is 308 g/mol. The maximum Gasteiger partial charge on any atom is 0.409 e. The summed E-state index contributed by atoms with van der Waals surface area (Å²) in [5, 5.41) is 13.0. The number of phenols is 1. The maximum atomic E-state index is 12.2. The van der Waals surface area contributed by atoms with E-state index in [0.29, 0.717) is 37.6 Å². The van der Waals surface area contributed by atoms with Gasteiger partial charge in [0.15, 0.2) is 0 Å². The van der Waals surface area contributed by atoms with E-state index in [1.165, 1.54) is 18.2 Å². The molecule has 0 saturated carbocycles. The Labute approximate surface area is 134 Å². The van der Waals surface area contributed by atoms with Gasteiger partial charge in [-0.2, -0.15) is 0 Å². The Bertz CT molecular complexity index is 556. The number of aromatic hydroxyl groups is 1. The molecule has 0 atom stereocenters. The maximum absolute atomic E-state index is 12.2. The number of carbonyl (C=O) groups excluding carboxylic acids is 2. The van der Waals surface area contributed by atoms with Gasteiger partial charge in [-0.25, -0.2) is 4.79 Å². The number of carbonyl (C=O) groups is 2. The molecule has 1 aromatic rings. The quantitative estimate of drug-likeness (QED) is 0.894. The lowest BCUT2D eigenvalue weighted by atomic mass is 10.0. The molecule has 1 heterocycles. The van der Waals surface area contributed by atoms with Gasteiger partial charge in [0.25, 0.3) is 5.91 Å². The van der Waals surface area contributed by atoms with Gasteiger partial charge in [0.2, 0.25) is 0 Å². The molecule has 0 unspecified atom stereocenters. The molecule has 6 nitrogen and oxygen atoms in total. The number of hydrogen-bond acceptors (Lipinski definition) is 4. The lowest BCUT2D eigenvalue weighted by Crippen LogP contribution is -2.46. The third-order valence-corrected chi connectivity index (χ3v) is 3.79. The van der Waals surface area contributed by atoms with Crippen LogP contribution in [-0.4, -0.2) is 47.7 Å². The van der Waals surface area contributed by atoms with E-state index in [-0.39, 0.29) is 29.4 Å².